The molecule has 1 fully saturated rings. The number of hydrogen-bond donors (Lipinski definition) is 1. The third-order valence-electron chi connectivity index (χ3n) is 2.85. The van der Waals surface area contributed by atoms with E-state index in [-0.39, 0.29) is 5.91 Å². The monoisotopic (exact) mass is 210 g/mol. The molecular formula is C12H22N2O. The predicted molar refractivity (Wildman–Crippen MR) is 62.7 cm³/mol. The lowest BCUT2D eigenvalue weighted by atomic mass is 10.2. The summed E-state index contributed by atoms with van der Waals surface area (Å²) >= 11 is 0. The number of nitrogens with zero attached hydrogens (tertiary/aromatic N) is 1. The van der Waals surface area contributed by atoms with E-state index in [0.717, 1.165) is 19.3 Å². The molecule has 1 unspecified atom stereocenters. The van der Waals surface area contributed by atoms with Crippen molar-refractivity contribution in [2.24, 2.45) is 0 Å². The molecule has 0 spiro atoms. The molecule has 0 aromatic carbocycles. The molecule has 0 aromatic rings. The van der Waals surface area contributed by atoms with E-state index in [1.807, 2.05) is 4.90 Å². The minimum absolute atomic E-state index is 0.206. The molecule has 1 aliphatic rings. The lowest BCUT2D eigenvalue weighted by Crippen LogP contribution is -2.42. The maximum Gasteiger partial charge on any atom is 0.237 e. The van der Waals surface area contributed by atoms with Gasteiger partial charge in [-0.05, 0) is 26.2 Å². The summed E-state index contributed by atoms with van der Waals surface area (Å²) in [6.45, 7) is 9.05. The molecule has 1 rings (SSSR count). The third kappa shape index (κ3) is 4.04. The van der Waals surface area contributed by atoms with E-state index in [4.69, 9.17) is 0 Å². The fraction of sp³-hybridized carbons (Fsp3) is 0.750. The van der Waals surface area contributed by atoms with Crippen LogP contribution >= 0.6 is 0 Å². The van der Waals surface area contributed by atoms with Gasteiger partial charge < -0.3 is 10.2 Å². The highest BCUT2D eigenvalue weighted by molar-refractivity contribution is 5.79. The number of hydrogen-bond acceptors (Lipinski definition) is 2. The summed E-state index contributed by atoms with van der Waals surface area (Å²) in [4.78, 5) is 13.8. The summed E-state index contributed by atoms with van der Waals surface area (Å²) in [7, 11) is 0. The zero-order valence-electron chi connectivity index (χ0n) is 9.83. The van der Waals surface area contributed by atoms with Crippen LogP contribution in [0.5, 0.6) is 0 Å². The molecule has 0 aliphatic heterocycles. The number of rotatable bonds is 7. The van der Waals surface area contributed by atoms with Crippen LogP contribution in [0, 0.1) is 0 Å². The van der Waals surface area contributed by atoms with E-state index in [0.29, 0.717) is 25.2 Å². The first-order valence-electron chi connectivity index (χ1n) is 5.82. The molecule has 1 saturated carbocycles. The molecule has 15 heavy (non-hydrogen) atoms. The van der Waals surface area contributed by atoms with Gasteiger partial charge in [0.15, 0.2) is 0 Å². The van der Waals surface area contributed by atoms with E-state index < -0.39 is 0 Å². The second-order valence-corrected chi connectivity index (χ2v) is 4.26. The van der Waals surface area contributed by atoms with Crippen LogP contribution < -0.4 is 5.32 Å². The van der Waals surface area contributed by atoms with Crippen LogP contribution in [0.3, 0.4) is 0 Å². The third-order valence-corrected chi connectivity index (χ3v) is 2.85. The first kappa shape index (κ1) is 12.2. The Labute approximate surface area is 92.5 Å². The first-order valence-corrected chi connectivity index (χ1v) is 5.82. The highest BCUT2D eigenvalue weighted by atomic mass is 16.2. The van der Waals surface area contributed by atoms with Gasteiger partial charge in [-0.2, -0.15) is 0 Å². The van der Waals surface area contributed by atoms with E-state index in [1.54, 1.807) is 6.08 Å². The molecule has 1 N–H and O–H groups in total. The Morgan fingerprint density at radius 3 is 2.80 bits per heavy atom. The maximum absolute atomic E-state index is 11.9. The summed E-state index contributed by atoms with van der Waals surface area (Å²) in [5.74, 6) is 0.206. The van der Waals surface area contributed by atoms with Crippen molar-refractivity contribution in [3.63, 3.8) is 0 Å². The zero-order chi connectivity index (χ0) is 11.3. The first-order chi connectivity index (χ1) is 7.19. The highest BCUT2D eigenvalue weighted by Crippen LogP contribution is 2.26. The Hall–Kier alpha value is -0.830. The molecule has 1 atom stereocenters. The van der Waals surface area contributed by atoms with Gasteiger partial charge in [-0.15, -0.1) is 6.58 Å². The van der Waals surface area contributed by atoms with Crippen molar-refractivity contribution in [3.8, 4) is 0 Å². The van der Waals surface area contributed by atoms with Gasteiger partial charge >= 0.3 is 0 Å². The number of nitrogens with one attached hydrogen (secondary N) is 1. The van der Waals surface area contributed by atoms with Crippen molar-refractivity contribution >= 4 is 5.91 Å². The van der Waals surface area contributed by atoms with Gasteiger partial charge in [-0.3, -0.25) is 4.79 Å². The molecule has 0 radical (unpaired) electrons. The standard InChI is InChI=1S/C12H22N2O/c1-4-8-14(11-6-7-11)12(15)9-13-10(3)5-2/h4,10-11,13H,1,5-9H2,2-3H3. The van der Waals surface area contributed by atoms with Crippen LogP contribution in [0.2, 0.25) is 0 Å². The van der Waals surface area contributed by atoms with E-state index in [1.165, 1.54) is 0 Å². The molecule has 1 amide bonds. The van der Waals surface area contributed by atoms with Gasteiger partial charge in [0.25, 0.3) is 0 Å². The van der Waals surface area contributed by atoms with Crippen LogP contribution in [0.15, 0.2) is 12.7 Å². The van der Waals surface area contributed by atoms with Gasteiger partial charge in [0.05, 0.1) is 6.54 Å². The molecule has 1 aliphatic carbocycles. The molecule has 0 heterocycles. The number of carbonyl (C=O) groups is 1. The minimum atomic E-state index is 0.206. The summed E-state index contributed by atoms with van der Waals surface area (Å²) in [6, 6.07) is 0.896. The summed E-state index contributed by atoms with van der Waals surface area (Å²) < 4.78 is 0. The van der Waals surface area contributed by atoms with Crippen molar-refractivity contribution < 1.29 is 4.79 Å². The molecule has 0 bridgehead atoms. The Kier molecular flexibility index (Phi) is 4.82. The van der Waals surface area contributed by atoms with Gasteiger partial charge in [-0.25, -0.2) is 0 Å². The molecule has 3 nitrogen and oxygen atoms in total. The minimum Gasteiger partial charge on any atom is -0.335 e. The molecule has 0 aromatic heterocycles. The Balaban J connectivity index is 2.32. The van der Waals surface area contributed by atoms with Crippen LogP contribution in [0.25, 0.3) is 0 Å². The fourth-order valence-electron chi connectivity index (χ4n) is 1.49. The average molecular weight is 210 g/mol. The quantitative estimate of drug-likeness (QED) is 0.647. The highest BCUT2D eigenvalue weighted by Gasteiger charge is 2.31. The second-order valence-electron chi connectivity index (χ2n) is 4.26. The van der Waals surface area contributed by atoms with E-state index >= 15 is 0 Å². The maximum atomic E-state index is 11.9. The van der Waals surface area contributed by atoms with Crippen LogP contribution in [-0.2, 0) is 4.79 Å². The largest absolute Gasteiger partial charge is 0.335 e. The van der Waals surface area contributed by atoms with Crippen LogP contribution in [0.1, 0.15) is 33.1 Å². The SMILES string of the molecule is C=CCN(C(=O)CNC(C)CC)C1CC1. The van der Waals surface area contributed by atoms with Gasteiger partial charge in [0.2, 0.25) is 5.91 Å². The summed E-state index contributed by atoms with van der Waals surface area (Å²) in [5, 5.41) is 3.23. The Bertz CT molecular complexity index is 224. The van der Waals surface area contributed by atoms with Crippen molar-refractivity contribution in [1.82, 2.24) is 10.2 Å². The zero-order valence-corrected chi connectivity index (χ0v) is 9.83. The predicted octanol–water partition coefficient (Wildman–Crippen LogP) is 1.55. The van der Waals surface area contributed by atoms with Crippen molar-refractivity contribution in [3.05, 3.63) is 12.7 Å². The smallest absolute Gasteiger partial charge is 0.237 e. The Morgan fingerprint density at radius 1 is 1.67 bits per heavy atom. The van der Waals surface area contributed by atoms with Gasteiger partial charge in [-0.1, -0.05) is 13.0 Å². The average Bonchev–Trinajstić information content (AvgIpc) is 3.05. The Morgan fingerprint density at radius 2 is 2.33 bits per heavy atom. The molecule has 86 valence electrons. The summed E-state index contributed by atoms with van der Waals surface area (Å²) in [5.41, 5.74) is 0. The van der Waals surface area contributed by atoms with Gasteiger partial charge in [0, 0.05) is 18.6 Å². The van der Waals surface area contributed by atoms with Crippen molar-refractivity contribution in [2.45, 2.75) is 45.2 Å². The lowest BCUT2D eigenvalue weighted by molar-refractivity contribution is -0.130. The molecular weight excluding hydrogens is 188 g/mol. The number of carbonyl (C=O) groups excluding carboxylic acids is 1. The van der Waals surface area contributed by atoms with E-state index in [2.05, 4.69) is 25.7 Å². The van der Waals surface area contributed by atoms with Crippen molar-refractivity contribution in [2.75, 3.05) is 13.1 Å². The molecule has 0 saturated heterocycles. The number of amides is 1. The van der Waals surface area contributed by atoms with Crippen LogP contribution in [0.4, 0.5) is 0 Å². The topological polar surface area (TPSA) is 32.3 Å². The normalized spacial score (nSPS) is 17.2. The van der Waals surface area contributed by atoms with Crippen molar-refractivity contribution in [1.29, 1.82) is 0 Å². The van der Waals surface area contributed by atoms with Crippen LogP contribution in [-0.4, -0.2) is 36.0 Å². The summed E-state index contributed by atoms with van der Waals surface area (Å²) in [6.07, 6.45) is 5.17. The lowest BCUT2D eigenvalue weighted by Gasteiger charge is -2.22. The van der Waals surface area contributed by atoms with E-state index in [9.17, 15) is 4.79 Å². The molecule has 3 heteroatoms. The second kappa shape index (κ2) is 5.91. The van der Waals surface area contributed by atoms with Gasteiger partial charge in [0.1, 0.15) is 0 Å². The fourth-order valence-corrected chi connectivity index (χ4v) is 1.49.